The molecule has 2 aromatic carbocycles. The van der Waals surface area contributed by atoms with Crippen LogP contribution < -0.4 is 21.5 Å². The zero-order valence-corrected chi connectivity index (χ0v) is 15.8. The molecule has 1 aromatic heterocycles. The van der Waals surface area contributed by atoms with Crippen LogP contribution in [-0.4, -0.2) is 21.8 Å². The highest BCUT2D eigenvalue weighted by Crippen LogP contribution is 2.22. The van der Waals surface area contributed by atoms with Crippen LogP contribution in [0.4, 0.5) is 17.2 Å². The number of amides is 2. The van der Waals surface area contributed by atoms with Gasteiger partial charge in [0, 0.05) is 28.8 Å². The van der Waals surface area contributed by atoms with Gasteiger partial charge in [-0.05, 0) is 48.3 Å². The molecule has 28 heavy (non-hydrogen) atoms. The number of aromatic nitrogens is 2. The van der Waals surface area contributed by atoms with Crippen LogP contribution in [0.2, 0.25) is 0 Å². The van der Waals surface area contributed by atoms with E-state index in [4.69, 9.17) is 11.5 Å². The molecule has 142 valence electrons. The van der Waals surface area contributed by atoms with Crippen molar-refractivity contribution in [2.75, 3.05) is 16.8 Å². The second-order valence-corrected chi connectivity index (χ2v) is 6.73. The molecule has 0 fully saturated rings. The quantitative estimate of drug-likeness (QED) is 0.386. The van der Waals surface area contributed by atoms with E-state index in [0.29, 0.717) is 17.1 Å². The van der Waals surface area contributed by atoms with Crippen LogP contribution >= 0.6 is 11.9 Å². The molecule has 6 N–H and O–H groups in total. The number of rotatable bonds is 5. The lowest BCUT2D eigenvalue weighted by Gasteiger charge is -2.09. The Morgan fingerprint density at radius 3 is 2.50 bits per heavy atom. The molecule has 0 radical (unpaired) electrons. The van der Waals surface area contributed by atoms with Gasteiger partial charge in [0.25, 0.3) is 5.91 Å². The monoisotopic (exact) mass is 394 g/mol. The average molecular weight is 394 g/mol. The number of nitrogens with zero attached hydrogens (tertiary/aromatic N) is 2. The second-order valence-electron chi connectivity index (χ2n) is 5.85. The number of nitrogen functional groups attached to an aromatic ring is 2. The summed E-state index contributed by atoms with van der Waals surface area (Å²) in [5, 5.41) is 2.74. The Morgan fingerprint density at radius 2 is 1.82 bits per heavy atom. The van der Waals surface area contributed by atoms with Crippen molar-refractivity contribution in [2.45, 2.75) is 11.8 Å². The van der Waals surface area contributed by atoms with Gasteiger partial charge in [0.2, 0.25) is 5.91 Å². The van der Waals surface area contributed by atoms with Crippen molar-refractivity contribution in [3.05, 3.63) is 60.4 Å². The lowest BCUT2D eigenvalue weighted by Crippen LogP contribution is -2.17. The maximum Gasteiger partial charge on any atom is 0.278 e. The van der Waals surface area contributed by atoms with Crippen LogP contribution in [-0.2, 0) is 4.79 Å². The Hall–Kier alpha value is -3.59. The molecule has 0 aliphatic rings. The summed E-state index contributed by atoms with van der Waals surface area (Å²) < 4.78 is 2.63. The zero-order chi connectivity index (χ0) is 20.1. The van der Waals surface area contributed by atoms with Crippen LogP contribution in [0.25, 0.3) is 11.3 Å². The molecule has 0 aliphatic heterocycles. The molecule has 1 heterocycles. The van der Waals surface area contributed by atoms with Crippen LogP contribution in [0.3, 0.4) is 0 Å². The van der Waals surface area contributed by atoms with Gasteiger partial charge < -0.3 is 16.8 Å². The van der Waals surface area contributed by atoms with Crippen molar-refractivity contribution in [3.63, 3.8) is 0 Å². The summed E-state index contributed by atoms with van der Waals surface area (Å²) in [5.41, 5.74) is 14.0. The third kappa shape index (κ3) is 4.77. The number of carbonyl (C=O) groups excluding carboxylic acids is 2. The van der Waals surface area contributed by atoms with Gasteiger partial charge in [-0.15, -0.1) is 0 Å². The van der Waals surface area contributed by atoms with E-state index in [-0.39, 0.29) is 17.4 Å². The minimum atomic E-state index is -0.474. The first-order chi connectivity index (χ1) is 13.4. The molecule has 0 atom stereocenters. The van der Waals surface area contributed by atoms with Crippen molar-refractivity contribution in [1.82, 2.24) is 14.7 Å². The average Bonchev–Trinajstić information content (AvgIpc) is 2.67. The normalized spacial score (nSPS) is 10.3. The summed E-state index contributed by atoms with van der Waals surface area (Å²) in [7, 11) is 0. The summed E-state index contributed by atoms with van der Waals surface area (Å²) in [6.07, 6.45) is 1.49. The summed E-state index contributed by atoms with van der Waals surface area (Å²) in [5.74, 6) is -0.586. The van der Waals surface area contributed by atoms with Gasteiger partial charge in [0.15, 0.2) is 11.5 Å². The first kappa shape index (κ1) is 19.2. The molecule has 8 nitrogen and oxygen atoms in total. The Balaban J connectivity index is 1.77. The molecule has 2 amide bonds. The molecule has 9 heteroatoms. The molecular formula is C19H18N6O2S. The summed E-state index contributed by atoms with van der Waals surface area (Å²) in [6.45, 7) is 1.44. The van der Waals surface area contributed by atoms with Crippen molar-refractivity contribution in [2.24, 2.45) is 0 Å². The van der Waals surface area contributed by atoms with Gasteiger partial charge in [-0.25, -0.2) is 9.97 Å². The van der Waals surface area contributed by atoms with E-state index >= 15 is 0 Å². The van der Waals surface area contributed by atoms with Gasteiger partial charge in [-0.2, -0.15) is 0 Å². The fourth-order valence-corrected chi connectivity index (χ4v) is 2.86. The molecule has 3 aromatic rings. The van der Waals surface area contributed by atoms with Crippen molar-refractivity contribution >= 4 is 41.0 Å². The SMILES string of the molecule is CC(=O)NSc1ccc(NC(=O)c2nc(-c3cccc(N)c3)cnc2N)cc1. The molecule has 3 rings (SSSR count). The highest BCUT2D eigenvalue weighted by atomic mass is 32.2. The topological polar surface area (TPSA) is 136 Å². The molecule has 0 spiro atoms. The van der Waals surface area contributed by atoms with Gasteiger partial charge in [-0.3, -0.25) is 14.3 Å². The van der Waals surface area contributed by atoms with E-state index in [2.05, 4.69) is 20.0 Å². The van der Waals surface area contributed by atoms with Gasteiger partial charge in [0.1, 0.15) is 0 Å². The van der Waals surface area contributed by atoms with E-state index in [1.807, 2.05) is 6.07 Å². The molecule has 0 saturated heterocycles. The number of nitrogens with two attached hydrogens (primary N) is 2. The summed E-state index contributed by atoms with van der Waals surface area (Å²) in [4.78, 5) is 32.8. The minimum Gasteiger partial charge on any atom is -0.399 e. The molecule has 0 bridgehead atoms. The number of anilines is 3. The maximum absolute atomic E-state index is 12.6. The van der Waals surface area contributed by atoms with Crippen molar-refractivity contribution in [1.29, 1.82) is 0 Å². The number of nitrogens with one attached hydrogen (secondary N) is 2. The molecule has 0 aliphatic carbocycles. The van der Waals surface area contributed by atoms with Crippen LogP contribution in [0, 0.1) is 0 Å². The number of hydrogen-bond donors (Lipinski definition) is 4. The Bertz CT molecular complexity index is 1020. The summed E-state index contributed by atoms with van der Waals surface area (Å²) >= 11 is 1.19. The zero-order valence-electron chi connectivity index (χ0n) is 15.0. The molecular weight excluding hydrogens is 376 g/mol. The van der Waals surface area contributed by atoms with Gasteiger partial charge >= 0.3 is 0 Å². The second kappa shape index (κ2) is 8.40. The maximum atomic E-state index is 12.6. The third-order valence-corrected chi connectivity index (χ3v) is 4.52. The van der Waals surface area contributed by atoms with E-state index < -0.39 is 5.91 Å². The van der Waals surface area contributed by atoms with Crippen LogP contribution in [0.1, 0.15) is 17.4 Å². The standard InChI is InChI=1S/C19H18N6O2S/c1-11(26)25-28-15-7-5-14(6-8-15)23-19(27)17-18(21)22-10-16(24-17)12-3-2-4-13(20)9-12/h2-10H,20H2,1H3,(H2,21,22)(H,23,27)(H,25,26). The van der Waals surface area contributed by atoms with Crippen LogP contribution in [0.15, 0.2) is 59.6 Å². The van der Waals surface area contributed by atoms with Crippen molar-refractivity contribution < 1.29 is 9.59 Å². The fourth-order valence-electron chi connectivity index (χ4n) is 2.33. The van der Waals surface area contributed by atoms with E-state index in [1.54, 1.807) is 42.5 Å². The minimum absolute atomic E-state index is 0.0247. The summed E-state index contributed by atoms with van der Waals surface area (Å²) in [6, 6.07) is 14.1. The fraction of sp³-hybridized carbons (Fsp3) is 0.0526. The number of carbonyl (C=O) groups is 2. The smallest absolute Gasteiger partial charge is 0.278 e. The van der Waals surface area contributed by atoms with Gasteiger partial charge in [0.05, 0.1) is 11.9 Å². The Morgan fingerprint density at radius 1 is 1.07 bits per heavy atom. The predicted molar refractivity (Wildman–Crippen MR) is 110 cm³/mol. The Kier molecular flexibility index (Phi) is 5.75. The highest BCUT2D eigenvalue weighted by Gasteiger charge is 2.15. The van der Waals surface area contributed by atoms with Crippen molar-refractivity contribution in [3.8, 4) is 11.3 Å². The van der Waals surface area contributed by atoms with Crippen LogP contribution in [0.5, 0.6) is 0 Å². The van der Waals surface area contributed by atoms with E-state index in [9.17, 15) is 9.59 Å². The predicted octanol–water partition coefficient (Wildman–Crippen LogP) is 2.70. The lowest BCUT2D eigenvalue weighted by molar-refractivity contribution is -0.117. The molecule has 0 unspecified atom stereocenters. The van der Waals surface area contributed by atoms with E-state index in [1.165, 1.54) is 25.1 Å². The Labute approximate surface area is 165 Å². The lowest BCUT2D eigenvalue weighted by atomic mass is 10.1. The third-order valence-electron chi connectivity index (χ3n) is 3.62. The first-order valence-electron chi connectivity index (χ1n) is 8.25. The number of benzene rings is 2. The highest BCUT2D eigenvalue weighted by molar-refractivity contribution is 7.98. The van der Waals surface area contributed by atoms with Gasteiger partial charge in [-0.1, -0.05) is 12.1 Å². The molecule has 0 saturated carbocycles. The largest absolute Gasteiger partial charge is 0.399 e. The van der Waals surface area contributed by atoms with E-state index in [0.717, 1.165) is 10.5 Å². The number of hydrogen-bond acceptors (Lipinski definition) is 7. The first-order valence-corrected chi connectivity index (χ1v) is 9.07.